The zero-order valence-corrected chi connectivity index (χ0v) is 16.5. The summed E-state index contributed by atoms with van der Waals surface area (Å²) >= 11 is 0. The van der Waals surface area contributed by atoms with E-state index in [1.165, 1.54) is 11.1 Å². The van der Waals surface area contributed by atoms with Crippen LogP contribution in [0.5, 0.6) is 5.75 Å². The number of benzene rings is 1. The highest BCUT2D eigenvalue weighted by Gasteiger charge is 2.26. The molecule has 3 rings (SSSR count). The third-order valence-corrected chi connectivity index (χ3v) is 5.04. The summed E-state index contributed by atoms with van der Waals surface area (Å²) in [6.45, 7) is 10.1. The van der Waals surface area contributed by atoms with Gasteiger partial charge < -0.3 is 9.64 Å². The van der Waals surface area contributed by atoms with Gasteiger partial charge in [0.25, 0.3) is 5.91 Å². The third kappa shape index (κ3) is 5.30. The Morgan fingerprint density at radius 3 is 2.44 bits per heavy atom. The SMILES string of the molecule is CCc1ccc(OC(C)C(=O)N2CCN(Cc3ccnc(C)c3)CC2)cc1. The quantitative estimate of drug-likeness (QED) is 0.787. The van der Waals surface area contributed by atoms with Gasteiger partial charge in [-0.1, -0.05) is 19.1 Å². The van der Waals surface area contributed by atoms with E-state index in [1.54, 1.807) is 0 Å². The maximum atomic E-state index is 12.7. The van der Waals surface area contributed by atoms with Gasteiger partial charge in [-0.2, -0.15) is 0 Å². The molecular formula is C22H29N3O2. The van der Waals surface area contributed by atoms with Crippen LogP contribution in [0.2, 0.25) is 0 Å². The van der Waals surface area contributed by atoms with Crippen molar-refractivity contribution in [1.82, 2.24) is 14.8 Å². The molecule has 0 N–H and O–H groups in total. The van der Waals surface area contributed by atoms with E-state index in [9.17, 15) is 4.79 Å². The molecule has 1 aliphatic heterocycles. The maximum Gasteiger partial charge on any atom is 0.263 e. The highest BCUT2D eigenvalue weighted by atomic mass is 16.5. The number of ether oxygens (including phenoxy) is 1. The third-order valence-electron chi connectivity index (χ3n) is 5.04. The number of rotatable bonds is 6. The summed E-state index contributed by atoms with van der Waals surface area (Å²) in [6, 6.07) is 12.2. The van der Waals surface area contributed by atoms with E-state index in [4.69, 9.17) is 4.74 Å². The maximum absolute atomic E-state index is 12.7. The van der Waals surface area contributed by atoms with Gasteiger partial charge in [-0.25, -0.2) is 0 Å². The van der Waals surface area contributed by atoms with Crippen LogP contribution in [0, 0.1) is 6.92 Å². The van der Waals surface area contributed by atoms with Crippen molar-refractivity contribution >= 4 is 5.91 Å². The fourth-order valence-electron chi connectivity index (χ4n) is 3.40. The Balaban J connectivity index is 1.48. The van der Waals surface area contributed by atoms with Crippen LogP contribution < -0.4 is 4.74 Å². The van der Waals surface area contributed by atoms with Crippen molar-refractivity contribution in [3.63, 3.8) is 0 Å². The Hall–Kier alpha value is -2.40. The molecule has 0 spiro atoms. The first-order valence-electron chi connectivity index (χ1n) is 9.73. The molecule has 1 aromatic heterocycles. The second-order valence-electron chi connectivity index (χ2n) is 7.16. The summed E-state index contributed by atoms with van der Waals surface area (Å²) in [5.41, 5.74) is 3.58. The number of carbonyl (C=O) groups is 1. The summed E-state index contributed by atoms with van der Waals surface area (Å²) in [5.74, 6) is 0.814. The van der Waals surface area contributed by atoms with Crippen LogP contribution in [0.25, 0.3) is 0 Å². The highest BCUT2D eigenvalue weighted by molar-refractivity contribution is 5.81. The lowest BCUT2D eigenvalue weighted by Gasteiger charge is -2.35. The minimum absolute atomic E-state index is 0.0639. The second kappa shape index (κ2) is 9.00. The molecule has 5 heteroatoms. The van der Waals surface area contributed by atoms with Gasteiger partial charge in [-0.05, 0) is 55.7 Å². The van der Waals surface area contributed by atoms with Gasteiger partial charge in [0.1, 0.15) is 5.75 Å². The lowest BCUT2D eigenvalue weighted by Crippen LogP contribution is -2.51. The van der Waals surface area contributed by atoms with E-state index in [0.717, 1.165) is 50.6 Å². The molecule has 27 heavy (non-hydrogen) atoms. The molecule has 2 heterocycles. The van der Waals surface area contributed by atoms with Crippen molar-refractivity contribution < 1.29 is 9.53 Å². The van der Waals surface area contributed by atoms with Gasteiger partial charge in [0.15, 0.2) is 6.10 Å². The van der Waals surface area contributed by atoms with Crippen molar-refractivity contribution in [1.29, 1.82) is 0 Å². The van der Waals surface area contributed by atoms with Crippen LogP contribution in [0.3, 0.4) is 0 Å². The van der Waals surface area contributed by atoms with Crippen LogP contribution in [-0.2, 0) is 17.8 Å². The van der Waals surface area contributed by atoms with E-state index >= 15 is 0 Å². The van der Waals surface area contributed by atoms with E-state index in [2.05, 4.69) is 28.9 Å². The molecule has 144 valence electrons. The normalized spacial score (nSPS) is 16.2. The predicted octanol–water partition coefficient (Wildman–Crippen LogP) is 3.06. The first-order valence-corrected chi connectivity index (χ1v) is 9.73. The summed E-state index contributed by atoms with van der Waals surface area (Å²) in [6.07, 6.45) is 2.39. The number of hydrogen-bond donors (Lipinski definition) is 0. The average Bonchev–Trinajstić information content (AvgIpc) is 2.68. The molecule has 0 saturated carbocycles. The molecule has 1 aliphatic rings. The predicted molar refractivity (Wildman–Crippen MR) is 107 cm³/mol. The van der Waals surface area contributed by atoms with Gasteiger partial charge in [0.05, 0.1) is 0 Å². The van der Waals surface area contributed by atoms with Crippen molar-refractivity contribution in [3.8, 4) is 5.75 Å². The van der Waals surface area contributed by atoms with Crippen LogP contribution in [0.4, 0.5) is 0 Å². The van der Waals surface area contributed by atoms with Crippen LogP contribution in [-0.4, -0.2) is 53.0 Å². The van der Waals surface area contributed by atoms with Crippen LogP contribution in [0.15, 0.2) is 42.6 Å². The van der Waals surface area contributed by atoms with Crippen molar-refractivity contribution in [3.05, 3.63) is 59.4 Å². The molecule has 1 atom stereocenters. The van der Waals surface area contributed by atoms with Gasteiger partial charge in [0, 0.05) is 44.6 Å². The van der Waals surface area contributed by atoms with E-state index < -0.39 is 6.10 Å². The Kier molecular flexibility index (Phi) is 6.45. The van der Waals surface area contributed by atoms with Gasteiger partial charge >= 0.3 is 0 Å². The summed E-state index contributed by atoms with van der Waals surface area (Å²) in [7, 11) is 0. The number of hydrogen-bond acceptors (Lipinski definition) is 4. The molecule has 1 unspecified atom stereocenters. The number of pyridine rings is 1. The Morgan fingerprint density at radius 2 is 1.81 bits per heavy atom. The number of aryl methyl sites for hydroxylation is 2. The summed E-state index contributed by atoms with van der Waals surface area (Å²) < 4.78 is 5.85. The second-order valence-corrected chi connectivity index (χ2v) is 7.16. The molecule has 1 saturated heterocycles. The smallest absolute Gasteiger partial charge is 0.263 e. The van der Waals surface area contributed by atoms with Gasteiger partial charge in [-0.15, -0.1) is 0 Å². The summed E-state index contributed by atoms with van der Waals surface area (Å²) in [5, 5.41) is 0. The average molecular weight is 367 g/mol. The van der Waals surface area contributed by atoms with Crippen molar-refractivity contribution in [2.75, 3.05) is 26.2 Å². The molecule has 1 amide bonds. The monoisotopic (exact) mass is 367 g/mol. The largest absolute Gasteiger partial charge is 0.481 e. The van der Waals surface area contributed by atoms with Crippen LogP contribution in [0.1, 0.15) is 30.7 Å². The number of nitrogens with zero attached hydrogens (tertiary/aromatic N) is 3. The molecule has 0 aliphatic carbocycles. The summed E-state index contributed by atoms with van der Waals surface area (Å²) in [4.78, 5) is 21.3. The first kappa shape index (κ1) is 19.4. The van der Waals surface area contributed by atoms with Gasteiger partial charge in [-0.3, -0.25) is 14.7 Å². The minimum atomic E-state index is -0.466. The Labute approximate surface area is 162 Å². The van der Waals surface area contributed by atoms with Crippen molar-refractivity contribution in [2.45, 2.75) is 39.8 Å². The lowest BCUT2D eigenvalue weighted by molar-refractivity contribution is -0.139. The Bertz CT molecular complexity index is 752. The van der Waals surface area contributed by atoms with Gasteiger partial charge in [0.2, 0.25) is 0 Å². The topological polar surface area (TPSA) is 45.7 Å². The molecule has 0 radical (unpaired) electrons. The fraction of sp³-hybridized carbons (Fsp3) is 0.455. The zero-order chi connectivity index (χ0) is 19.2. The molecular weight excluding hydrogens is 338 g/mol. The van der Waals surface area contributed by atoms with E-state index in [-0.39, 0.29) is 5.91 Å². The molecule has 2 aromatic rings. The zero-order valence-electron chi connectivity index (χ0n) is 16.5. The molecule has 1 fully saturated rings. The number of carbonyl (C=O) groups excluding carboxylic acids is 1. The standard InChI is InChI=1S/C22H29N3O2/c1-4-19-5-7-21(8-6-19)27-18(3)22(26)25-13-11-24(12-14-25)16-20-9-10-23-17(2)15-20/h5-10,15,18H,4,11-14,16H2,1-3H3. The molecule has 0 bridgehead atoms. The van der Waals surface area contributed by atoms with Crippen LogP contribution >= 0.6 is 0 Å². The lowest BCUT2D eigenvalue weighted by atomic mass is 10.2. The van der Waals surface area contributed by atoms with E-state index in [1.807, 2.05) is 49.2 Å². The number of piperazine rings is 1. The molecule has 1 aromatic carbocycles. The minimum Gasteiger partial charge on any atom is -0.481 e. The number of aromatic nitrogens is 1. The highest BCUT2D eigenvalue weighted by Crippen LogP contribution is 2.16. The van der Waals surface area contributed by atoms with E-state index in [0.29, 0.717) is 0 Å². The Morgan fingerprint density at radius 1 is 1.11 bits per heavy atom. The first-order chi connectivity index (χ1) is 13.0. The number of amides is 1. The van der Waals surface area contributed by atoms with Crippen molar-refractivity contribution in [2.24, 2.45) is 0 Å². The molecule has 5 nitrogen and oxygen atoms in total. The fourth-order valence-corrected chi connectivity index (χ4v) is 3.40.